The molecule has 12 heteroatoms. The number of alkyl halides is 2. The van der Waals surface area contributed by atoms with Crippen molar-refractivity contribution >= 4 is 23.2 Å². The summed E-state index contributed by atoms with van der Waals surface area (Å²) in [6.45, 7) is 0. The molecule has 28 heavy (non-hydrogen) atoms. The summed E-state index contributed by atoms with van der Waals surface area (Å²) in [6, 6.07) is 7.20. The third-order valence-electron chi connectivity index (χ3n) is 6.93. The molecular weight excluding hydrogens is 415 g/mol. The van der Waals surface area contributed by atoms with Gasteiger partial charge in [0.2, 0.25) is 0 Å². The molecule has 4 aliphatic carbocycles. The zero-order valence-corrected chi connectivity index (χ0v) is 15.9. The van der Waals surface area contributed by atoms with Crippen LogP contribution in [0.2, 0.25) is 0 Å². The molecule has 4 saturated carbocycles. The summed E-state index contributed by atoms with van der Waals surface area (Å²) >= 11 is 13.1. The number of hydrogen-bond acceptors (Lipinski definition) is 7. The molecule has 0 aliphatic heterocycles. The Bertz CT molecular complexity index is 920. The van der Waals surface area contributed by atoms with Crippen molar-refractivity contribution in [3.63, 3.8) is 0 Å². The molecule has 0 spiro atoms. The van der Waals surface area contributed by atoms with Crippen molar-refractivity contribution in [3.8, 4) is 0 Å². The van der Waals surface area contributed by atoms with Crippen molar-refractivity contribution in [3.05, 3.63) is 66.2 Å². The highest BCUT2D eigenvalue weighted by atomic mass is 35.5. The lowest BCUT2D eigenvalue weighted by Crippen LogP contribution is -2.93. The summed E-state index contributed by atoms with van der Waals surface area (Å²) in [5.74, 6) is -0.481. The molecule has 4 fully saturated rings. The smallest absolute Gasteiger partial charge is 0.319 e. The number of hydrogen-bond donors (Lipinski definition) is 1. The second-order valence-corrected chi connectivity index (χ2v) is 9.38. The zero-order chi connectivity index (χ0) is 20.8. The zero-order valence-electron chi connectivity index (χ0n) is 14.4. The van der Waals surface area contributed by atoms with Gasteiger partial charge in [-0.25, -0.2) is 0 Å². The summed E-state index contributed by atoms with van der Waals surface area (Å²) in [5, 5.41) is 37.4. The summed E-state index contributed by atoms with van der Waals surface area (Å²) in [5.41, 5.74) is -0.747. The Morgan fingerprint density at radius 1 is 0.929 bits per heavy atom. The minimum atomic E-state index is -2.91. The van der Waals surface area contributed by atoms with Crippen LogP contribution >= 0.6 is 23.2 Å². The molecule has 0 heterocycles. The topological polar surface area (TPSA) is 155 Å². The van der Waals surface area contributed by atoms with E-state index in [0.29, 0.717) is 0 Å². The first-order valence-electron chi connectivity index (χ1n) is 8.59. The van der Waals surface area contributed by atoms with E-state index in [0.717, 1.165) is 0 Å². The van der Waals surface area contributed by atoms with Gasteiger partial charge in [0.25, 0.3) is 0 Å². The van der Waals surface area contributed by atoms with Crippen molar-refractivity contribution in [2.24, 2.45) is 11.7 Å². The Morgan fingerprint density at radius 3 is 2.04 bits per heavy atom. The molecule has 5 rings (SSSR count). The predicted octanol–water partition coefficient (Wildman–Crippen LogP) is 2.28. The van der Waals surface area contributed by atoms with Gasteiger partial charge in [-0.3, -0.25) is 30.3 Å². The molecule has 6 unspecified atom stereocenters. The van der Waals surface area contributed by atoms with Gasteiger partial charge in [-0.05, 0) is 30.4 Å². The van der Waals surface area contributed by atoms with E-state index in [1.807, 2.05) is 0 Å². The summed E-state index contributed by atoms with van der Waals surface area (Å²) in [6.07, 6.45) is -0.699. The standard InChI is InChI=1S/C16H16Cl2N4O6/c17-12-6-10-7-13(19,9-12)15(21(25)26,11-4-2-1-3-5-11)14(8-10,20(23)24)16(12,18)22(27)28/h1-5,10H,6-9,19H2. The minimum absolute atomic E-state index is 0.0379. The lowest BCUT2D eigenvalue weighted by atomic mass is 9.39. The lowest BCUT2D eigenvalue weighted by Gasteiger charge is -2.65. The van der Waals surface area contributed by atoms with Gasteiger partial charge in [-0.15, -0.1) is 11.6 Å². The molecule has 150 valence electrons. The van der Waals surface area contributed by atoms with Crippen LogP contribution < -0.4 is 5.73 Å². The van der Waals surface area contributed by atoms with Gasteiger partial charge in [0.15, 0.2) is 0 Å². The quantitative estimate of drug-likeness (QED) is 0.332. The molecular formula is C16H16Cl2N4O6. The van der Waals surface area contributed by atoms with Gasteiger partial charge in [0.05, 0.1) is 4.92 Å². The number of rotatable bonds is 4. The minimum Gasteiger partial charge on any atom is -0.319 e. The largest absolute Gasteiger partial charge is 0.390 e. The van der Waals surface area contributed by atoms with Crippen LogP contribution in [0.15, 0.2) is 30.3 Å². The highest BCUT2D eigenvalue weighted by Gasteiger charge is 3.01. The van der Waals surface area contributed by atoms with E-state index in [1.54, 1.807) is 6.07 Å². The molecule has 2 N–H and O–H groups in total. The van der Waals surface area contributed by atoms with Crippen molar-refractivity contribution in [2.75, 3.05) is 0 Å². The number of nitrogens with two attached hydrogens (primary N) is 1. The molecule has 4 aliphatic rings. The molecule has 0 radical (unpaired) electrons. The van der Waals surface area contributed by atoms with Crippen molar-refractivity contribution in [2.45, 2.75) is 52.2 Å². The molecule has 0 saturated heterocycles. The Balaban J connectivity index is 2.22. The second-order valence-electron chi connectivity index (χ2n) is 8.11. The van der Waals surface area contributed by atoms with Crippen molar-refractivity contribution in [1.29, 1.82) is 0 Å². The molecule has 1 aromatic rings. The first-order valence-corrected chi connectivity index (χ1v) is 9.34. The van der Waals surface area contributed by atoms with Gasteiger partial charge in [0.1, 0.15) is 10.4 Å². The monoisotopic (exact) mass is 430 g/mol. The summed E-state index contributed by atoms with van der Waals surface area (Å²) in [7, 11) is 0. The van der Waals surface area contributed by atoms with Crippen LogP contribution in [0.25, 0.3) is 0 Å². The van der Waals surface area contributed by atoms with Gasteiger partial charge in [0, 0.05) is 28.3 Å². The van der Waals surface area contributed by atoms with E-state index < -0.39 is 53.6 Å². The normalized spacial score (nSPS) is 46.3. The van der Waals surface area contributed by atoms with Crippen LogP contribution in [0.3, 0.4) is 0 Å². The first kappa shape index (κ1) is 19.3. The van der Waals surface area contributed by atoms with Crippen LogP contribution in [0.4, 0.5) is 0 Å². The van der Waals surface area contributed by atoms with Crippen LogP contribution in [0.1, 0.15) is 31.2 Å². The average molecular weight is 431 g/mol. The van der Waals surface area contributed by atoms with Gasteiger partial charge >= 0.3 is 16.1 Å². The van der Waals surface area contributed by atoms with Crippen LogP contribution in [-0.4, -0.2) is 35.7 Å². The molecule has 4 bridgehead atoms. The number of halogens is 2. The number of nitro groups is 3. The van der Waals surface area contributed by atoms with E-state index in [2.05, 4.69) is 0 Å². The molecule has 10 nitrogen and oxygen atoms in total. The maximum Gasteiger partial charge on any atom is 0.390 e. The Morgan fingerprint density at radius 2 is 1.54 bits per heavy atom. The fourth-order valence-electron chi connectivity index (χ4n) is 6.37. The van der Waals surface area contributed by atoms with E-state index in [1.165, 1.54) is 24.3 Å². The Hall–Kier alpha value is -2.04. The van der Waals surface area contributed by atoms with Gasteiger partial charge < -0.3 is 5.73 Å². The fourth-order valence-corrected chi connectivity index (χ4v) is 7.48. The predicted molar refractivity (Wildman–Crippen MR) is 97.9 cm³/mol. The summed E-state index contributed by atoms with van der Waals surface area (Å²) < 4.78 is 0. The maximum atomic E-state index is 12.6. The second kappa shape index (κ2) is 5.31. The molecule has 1 aromatic carbocycles. The SMILES string of the molecule is NC12CC3CC(Cl)(C1)C(Cl)([N+](=O)[O-])C([N+](=O)[O-])(C3)C2(c1ccccc1)[N+](=O)[O-]. The number of nitrogens with zero attached hydrogens (tertiary/aromatic N) is 3. The Kier molecular flexibility index (Phi) is 3.66. The highest BCUT2D eigenvalue weighted by molar-refractivity contribution is 6.35. The summed E-state index contributed by atoms with van der Waals surface area (Å²) in [4.78, 5) is 29.8. The fraction of sp³-hybridized carbons (Fsp3) is 0.625. The van der Waals surface area contributed by atoms with Crippen LogP contribution in [0.5, 0.6) is 0 Å². The van der Waals surface area contributed by atoms with Gasteiger partial charge in [-0.1, -0.05) is 30.3 Å². The van der Waals surface area contributed by atoms with E-state index >= 15 is 0 Å². The maximum absolute atomic E-state index is 12.6. The first-order chi connectivity index (χ1) is 12.9. The van der Waals surface area contributed by atoms with E-state index in [-0.39, 0.29) is 24.8 Å². The average Bonchev–Trinajstić information content (AvgIpc) is 2.58. The van der Waals surface area contributed by atoms with Gasteiger partial charge in [-0.2, -0.15) is 0 Å². The van der Waals surface area contributed by atoms with Crippen molar-refractivity contribution < 1.29 is 14.8 Å². The van der Waals surface area contributed by atoms with Crippen LogP contribution in [0, 0.1) is 36.3 Å². The van der Waals surface area contributed by atoms with Crippen molar-refractivity contribution in [1.82, 2.24) is 0 Å². The molecule has 0 amide bonds. The molecule has 6 atom stereocenters. The highest BCUT2D eigenvalue weighted by Crippen LogP contribution is 2.74. The molecule has 0 aromatic heterocycles. The Labute approximate surface area is 168 Å². The third kappa shape index (κ3) is 1.67. The van der Waals surface area contributed by atoms with E-state index in [4.69, 9.17) is 28.9 Å². The number of benzene rings is 1. The van der Waals surface area contributed by atoms with Crippen LogP contribution in [-0.2, 0) is 5.54 Å². The third-order valence-corrected chi connectivity index (χ3v) is 8.41. The van der Waals surface area contributed by atoms with E-state index in [9.17, 15) is 30.3 Å². The lowest BCUT2D eigenvalue weighted by molar-refractivity contribution is -0.767.